The lowest BCUT2D eigenvalue weighted by Crippen LogP contribution is -2.49. The van der Waals surface area contributed by atoms with Crippen molar-refractivity contribution in [2.24, 2.45) is 5.84 Å². The summed E-state index contributed by atoms with van der Waals surface area (Å²) in [6, 6.07) is 7.61. The van der Waals surface area contributed by atoms with Gasteiger partial charge >= 0.3 is 0 Å². The first-order valence-electron chi connectivity index (χ1n) is 5.70. The van der Waals surface area contributed by atoms with Gasteiger partial charge in [-0.3, -0.25) is 5.84 Å². The van der Waals surface area contributed by atoms with Crippen LogP contribution in [0, 0.1) is 0 Å². The average Bonchev–Trinajstić information content (AvgIpc) is 2.35. The molecule has 17 heavy (non-hydrogen) atoms. The molecule has 1 aromatic rings. The number of nitrogens with one attached hydrogen (secondary N) is 1. The smallest absolute Gasteiger partial charge is 0.161 e. The van der Waals surface area contributed by atoms with Crippen LogP contribution >= 0.6 is 0 Å². The van der Waals surface area contributed by atoms with E-state index in [0.29, 0.717) is 6.61 Å². The summed E-state index contributed by atoms with van der Waals surface area (Å²) in [5.74, 6) is 7.10. The quantitative estimate of drug-likeness (QED) is 0.474. The molecule has 2 unspecified atom stereocenters. The van der Waals surface area contributed by atoms with Crippen molar-refractivity contribution in [3.63, 3.8) is 0 Å². The molecule has 92 valence electrons. The number of hydrogen-bond donors (Lipinski definition) is 2. The largest absolute Gasteiger partial charge is 0.486 e. The predicted molar refractivity (Wildman–Crippen MR) is 66.9 cm³/mol. The van der Waals surface area contributed by atoms with Crippen molar-refractivity contribution in [3.8, 4) is 11.5 Å². The molecule has 1 aliphatic rings. The van der Waals surface area contributed by atoms with Gasteiger partial charge in [0.25, 0.3) is 0 Å². The number of allylic oxidation sites excluding steroid dienone is 1. The van der Waals surface area contributed by atoms with Gasteiger partial charge in [-0.2, -0.15) is 0 Å². The highest BCUT2D eigenvalue weighted by atomic mass is 16.6. The van der Waals surface area contributed by atoms with Crippen LogP contribution in [0.4, 0.5) is 0 Å². The number of benzene rings is 1. The number of rotatable bonds is 3. The molecular weight excluding hydrogens is 216 g/mol. The molecule has 1 aromatic carbocycles. The predicted octanol–water partition coefficient (Wildman–Crippen LogP) is 1.62. The van der Waals surface area contributed by atoms with E-state index in [9.17, 15) is 0 Å². The van der Waals surface area contributed by atoms with Gasteiger partial charge in [-0.25, -0.2) is 5.43 Å². The van der Waals surface area contributed by atoms with Gasteiger partial charge in [0.15, 0.2) is 17.6 Å². The number of ether oxygens (including phenoxy) is 2. The Morgan fingerprint density at radius 3 is 2.76 bits per heavy atom. The van der Waals surface area contributed by atoms with Crippen LogP contribution in [0.25, 0.3) is 0 Å². The SMILES string of the molecule is CC(C)=CC(NN)C1COc2ccccc2O1. The highest BCUT2D eigenvalue weighted by Gasteiger charge is 2.26. The van der Waals surface area contributed by atoms with Crippen molar-refractivity contribution < 1.29 is 9.47 Å². The van der Waals surface area contributed by atoms with Crippen molar-refractivity contribution in [1.82, 2.24) is 5.43 Å². The van der Waals surface area contributed by atoms with E-state index in [4.69, 9.17) is 15.3 Å². The third kappa shape index (κ3) is 2.78. The molecule has 0 aliphatic carbocycles. The van der Waals surface area contributed by atoms with E-state index < -0.39 is 0 Å². The van der Waals surface area contributed by atoms with E-state index in [0.717, 1.165) is 11.5 Å². The maximum atomic E-state index is 5.87. The van der Waals surface area contributed by atoms with Crippen LogP contribution in [0.3, 0.4) is 0 Å². The fourth-order valence-electron chi connectivity index (χ4n) is 1.83. The summed E-state index contributed by atoms with van der Waals surface area (Å²) in [7, 11) is 0. The van der Waals surface area contributed by atoms with Gasteiger partial charge in [-0.1, -0.05) is 23.8 Å². The molecule has 0 aromatic heterocycles. The average molecular weight is 234 g/mol. The number of nitrogens with two attached hydrogens (primary N) is 1. The molecule has 0 saturated carbocycles. The second kappa shape index (κ2) is 5.21. The third-order valence-corrected chi connectivity index (χ3v) is 2.64. The van der Waals surface area contributed by atoms with Crippen molar-refractivity contribution in [2.75, 3.05) is 6.61 Å². The molecule has 1 heterocycles. The lowest BCUT2D eigenvalue weighted by molar-refractivity contribution is 0.0736. The molecule has 2 rings (SSSR count). The molecule has 0 fully saturated rings. The zero-order chi connectivity index (χ0) is 12.3. The second-order valence-corrected chi connectivity index (χ2v) is 4.35. The van der Waals surface area contributed by atoms with E-state index in [1.807, 2.05) is 44.2 Å². The first-order valence-corrected chi connectivity index (χ1v) is 5.70. The highest BCUT2D eigenvalue weighted by Crippen LogP contribution is 2.31. The Morgan fingerprint density at radius 2 is 2.12 bits per heavy atom. The Labute approximate surface area is 101 Å². The zero-order valence-corrected chi connectivity index (χ0v) is 10.1. The topological polar surface area (TPSA) is 56.5 Å². The van der Waals surface area contributed by atoms with Gasteiger partial charge in [-0.15, -0.1) is 0 Å². The molecule has 1 aliphatic heterocycles. The molecular formula is C13H18N2O2. The van der Waals surface area contributed by atoms with Crippen molar-refractivity contribution in [3.05, 3.63) is 35.9 Å². The van der Waals surface area contributed by atoms with E-state index >= 15 is 0 Å². The van der Waals surface area contributed by atoms with Crippen LogP contribution in [0.2, 0.25) is 0 Å². The first kappa shape index (κ1) is 12.0. The van der Waals surface area contributed by atoms with E-state index in [1.165, 1.54) is 5.57 Å². The lowest BCUT2D eigenvalue weighted by Gasteiger charge is -2.30. The van der Waals surface area contributed by atoms with Crippen molar-refractivity contribution in [1.29, 1.82) is 0 Å². The van der Waals surface area contributed by atoms with E-state index in [-0.39, 0.29) is 12.1 Å². The fourth-order valence-corrected chi connectivity index (χ4v) is 1.83. The third-order valence-electron chi connectivity index (χ3n) is 2.64. The van der Waals surface area contributed by atoms with Gasteiger partial charge in [0.05, 0.1) is 6.04 Å². The molecule has 3 N–H and O–H groups in total. The summed E-state index contributed by atoms with van der Waals surface area (Å²) in [6.45, 7) is 4.56. The highest BCUT2D eigenvalue weighted by molar-refractivity contribution is 5.41. The molecule has 2 atom stereocenters. The van der Waals surface area contributed by atoms with Gasteiger partial charge in [0.1, 0.15) is 6.61 Å². The number of para-hydroxylation sites is 2. The van der Waals surface area contributed by atoms with E-state index in [2.05, 4.69) is 5.43 Å². The Kier molecular flexibility index (Phi) is 3.66. The van der Waals surface area contributed by atoms with Gasteiger partial charge < -0.3 is 9.47 Å². The maximum Gasteiger partial charge on any atom is 0.161 e. The van der Waals surface area contributed by atoms with Crippen LogP contribution in [0.1, 0.15) is 13.8 Å². The van der Waals surface area contributed by atoms with Gasteiger partial charge in [0.2, 0.25) is 0 Å². The Balaban J connectivity index is 2.13. The number of hydrazine groups is 1. The summed E-state index contributed by atoms with van der Waals surface area (Å²) in [5, 5.41) is 0. The summed E-state index contributed by atoms with van der Waals surface area (Å²) in [6.07, 6.45) is 1.94. The van der Waals surface area contributed by atoms with Gasteiger partial charge in [-0.05, 0) is 26.0 Å². The molecule has 0 bridgehead atoms. The minimum atomic E-state index is -0.107. The number of hydrogen-bond acceptors (Lipinski definition) is 4. The Morgan fingerprint density at radius 1 is 1.41 bits per heavy atom. The van der Waals surface area contributed by atoms with Crippen LogP contribution in [0.5, 0.6) is 11.5 Å². The minimum absolute atomic E-state index is 0.0478. The number of fused-ring (bicyclic) bond motifs is 1. The monoisotopic (exact) mass is 234 g/mol. The van der Waals surface area contributed by atoms with Crippen molar-refractivity contribution in [2.45, 2.75) is 26.0 Å². The summed E-state index contributed by atoms with van der Waals surface area (Å²) >= 11 is 0. The van der Waals surface area contributed by atoms with E-state index in [1.54, 1.807) is 0 Å². The minimum Gasteiger partial charge on any atom is -0.486 e. The molecule has 0 radical (unpaired) electrons. The van der Waals surface area contributed by atoms with Crippen molar-refractivity contribution >= 4 is 0 Å². The summed E-state index contributed by atoms with van der Waals surface area (Å²) < 4.78 is 11.5. The first-order chi connectivity index (χ1) is 8.20. The molecule has 0 amide bonds. The molecule has 0 spiro atoms. The molecule has 4 heteroatoms. The summed E-state index contributed by atoms with van der Waals surface area (Å²) in [5.41, 5.74) is 3.94. The molecule has 4 nitrogen and oxygen atoms in total. The Hall–Kier alpha value is -1.52. The van der Waals surface area contributed by atoms with Crippen LogP contribution < -0.4 is 20.7 Å². The van der Waals surface area contributed by atoms with Gasteiger partial charge in [0, 0.05) is 0 Å². The van der Waals surface area contributed by atoms with Crippen LogP contribution in [0.15, 0.2) is 35.9 Å². The standard InChI is InChI=1S/C13H18N2O2/c1-9(2)7-10(15-14)13-8-16-11-5-3-4-6-12(11)17-13/h3-7,10,13,15H,8,14H2,1-2H3. The lowest BCUT2D eigenvalue weighted by atomic mass is 10.1. The van der Waals surface area contributed by atoms with Crippen LogP contribution in [-0.2, 0) is 0 Å². The van der Waals surface area contributed by atoms with Crippen LogP contribution in [-0.4, -0.2) is 18.8 Å². The zero-order valence-electron chi connectivity index (χ0n) is 10.1. The molecule has 0 saturated heterocycles. The Bertz CT molecular complexity index is 414. The second-order valence-electron chi connectivity index (χ2n) is 4.35. The normalized spacial score (nSPS) is 19.6. The fraction of sp³-hybridized carbons (Fsp3) is 0.385. The maximum absolute atomic E-state index is 5.87. The summed E-state index contributed by atoms with van der Waals surface area (Å²) in [4.78, 5) is 0.